The van der Waals surface area contributed by atoms with Gasteiger partial charge < -0.3 is 29.0 Å². The topological polar surface area (TPSA) is 99.1 Å². The number of benzene rings is 3. The first kappa shape index (κ1) is 32.6. The molecule has 3 aliphatic rings. The molecule has 2 saturated heterocycles. The van der Waals surface area contributed by atoms with E-state index in [0.29, 0.717) is 31.4 Å². The van der Waals surface area contributed by atoms with Crippen molar-refractivity contribution in [1.29, 1.82) is 0 Å². The van der Waals surface area contributed by atoms with Gasteiger partial charge in [-0.15, -0.1) is 0 Å². The summed E-state index contributed by atoms with van der Waals surface area (Å²) in [5, 5.41) is 2.39. The van der Waals surface area contributed by atoms with Crippen molar-refractivity contribution in [2.45, 2.75) is 63.3 Å². The summed E-state index contributed by atoms with van der Waals surface area (Å²) in [6.45, 7) is 1.65. The van der Waals surface area contributed by atoms with Crippen LogP contribution < -0.4 is 15.5 Å². The number of amides is 2. The van der Waals surface area contributed by atoms with E-state index in [2.05, 4.69) is 5.32 Å². The van der Waals surface area contributed by atoms with Gasteiger partial charge in [0.15, 0.2) is 17.7 Å². The molecule has 2 amide bonds. The zero-order chi connectivity index (χ0) is 34.3. The second kappa shape index (κ2) is 13.2. The lowest BCUT2D eigenvalue weighted by Gasteiger charge is -2.42. The Labute approximate surface area is 280 Å². The average molecular weight is 674 g/mol. The number of nitrogens with zero attached hydrogens (tertiary/aromatic N) is 2. The molecule has 0 unspecified atom stereocenters. The number of aromatic nitrogens is 1. The summed E-state index contributed by atoms with van der Waals surface area (Å²) < 4.78 is 62.9. The minimum Gasteiger partial charge on any atom is -0.483 e. The molecule has 1 aromatic heterocycles. The molecule has 12 heteroatoms. The summed E-state index contributed by atoms with van der Waals surface area (Å²) >= 11 is 0. The molecule has 4 heterocycles. The summed E-state index contributed by atoms with van der Waals surface area (Å²) in [5.74, 6) is -5.18. The molecule has 0 saturated carbocycles. The monoisotopic (exact) mass is 673 g/mol. The third kappa shape index (κ3) is 6.22. The number of fused-ring (bicyclic) bond motifs is 5. The Hall–Kier alpha value is -4.94. The van der Waals surface area contributed by atoms with Gasteiger partial charge in [-0.05, 0) is 30.9 Å². The molecule has 0 radical (unpaired) electrons. The summed E-state index contributed by atoms with van der Waals surface area (Å²) in [6, 6.07) is 19.0. The zero-order valence-corrected chi connectivity index (χ0v) is 26.7. The largest absolute Gasteiger partial charge is 0.483 e. The van der Waals surface area contributed by atoms with Gasteiger partial charge in [-0.25, -0.2) is 13.2 Å². The highest BCUT2D eigenvalue weighted by atomic mass is 19.1. The van der Waals surface area contributed by atoms with E-state index >= 15 is 0 Å². The second-order valence-corrected chi connectivity index (χ2v) is 12.7. The van der Waals surface area contributed by atoms with Crippen LogP contribution in [0, 0.1) is 17.5 Å². The molecule has 2 fully saturated rings. The first-order chi connectivity index (χ1) is 23.6. The van der Waals surface area contributed by atoms with E-state index in [1.165, 1.54) is 6.20 Å². The highest BCUT2D eigenvalue weighted by Crippen LogP contribution is 2.46. The molecule has 2 bridgehead atoms. The summed E-state index contributed by atoms with van der Waals surface area (Å²) in [4.78, 5) is 43.6. The molecule has 4 aromatic rings. The molecular formula is C37H34F3N3O6. The van der Waals surface area contributed by atoms with Crippen LogP contribution in [0.15, 0.2) is 83.8 Å². The van der Waals surface area contributed by atoms with Gasteiger partial charge in [0.25, 0.3) is 11.8 Å². The zero-order valence-electron chi connectivity index (χ0n) is 26.7. The van der Waals surface area contributed by atoms with Gasteiger partial charge in [-0.1, -0.05) is 60.7 Å². The standard InChI is InChI=1S/C37H34F3N3O6/c1-22-12-13-37(21-48-31(49-37)14-23-8-4-2-5-9-23)30-19-42(22)36(46)32-34(47-20-24-10-6-3-7-11-24)33(44)27(18-43(30)32)35(45)41-17-26-28(39)15-25(38)16-29(26)40/h2-11,15-16,18,22,30-31H,12-14,17,19-21H2,1H3,(H,41,45)/t22-,30+,31-,37-/m0/s1. The summed E-state index contributed by atoms with van der Waals surface area (Å²) in [6.07, 6.45) is 2.36. The molecule has 3 aliphatic heterocycles. The van der Waals surface area contributed by atoms with Crippen molar-refractivity contribution >= 4 is 11.8 Å². The normalized spacial score (nSPS) is 22.9. The fourth-order valence-corrected chi connectivity index (χ4v) is 6.94. The van der Waals surface area contributed by atoms with Crippen molar-refractivity contribution in [2.24, 2.45) is 0 Å². The molecule has 49 heavy (non-hydrogen) atoms. The summed E-state index contributed by atoms with van der Waals surface area (Å²) in [7, 11) is 0. The predicted molar refractivity (Wildman–Crippen MR) is 171 cm³/mol. The maximum absolute atomic E-state index is 14.4. The lowest BCUT2D eigenvalue weighted by atomic mass is 9.88. The van der Waals surface area contributed by atoms with Crippen molar-refractivity contribution < 1.29 is 37.0 Å². The fourth-order valence-electron chi connectivity index (χ4n) is 6.94. The Kier molecular flexibility index (Phi) is 8.76. The first-order valence-electron chi connectivity index (χ1n) is 16.2. The van der Waals surface area contributed by atoms with Crippen molar-refractivity contribution in [1.82, 2.24) is 14.8 Å². The number of carbonyl (C=O) groups excluding carboxylic acids is 2. The quantitative estimate of drug-likeness (QED) is 0.273. The number of nitrogens with one attached hydrogen (secondary N) is 1. The fraction of sp³-hybridized carbons (Fsp3) is 0.324. The lowest BCUT2D eigenvalue weighted by Crippen LogP contribution is -2.53. The van der Waals surface area contributed by atoms with Crippen molar-refractivity contribution in [2.75, 3.05) is 13.2 Å². The maximum Gasteiger partial charge on any atom is 0.274 e. The van der Waals surface area contributed by atoms with E-state index in [1.54, 1.807) is 33.7 Å². The van der Waals surface area contributed by atoms with Crippen molar-refractivity contribution in [3.63, 3.8) is 0 Å². The molecular weight excluding hydrogens is 639 g/mol. The number of halogens is 3. The van der Waals surface area contributed by atoms with Gasteiger partial charge in [-0.3, -0.25) is 14.4 Å². The predicted octanol–water partition coefficient (Wildman–Crippen LogP) is 5.31. The van der Waals surface area contributed by atoms with Crippen LogP contribution in [0.25, 0.3) is 0 Å². The molecule has 1 N–H and O–H groups in total. The molecule has 254 valence electrons. The van der Waals surface area contributed by atoms with Crippen LogP contribution in [-0.2, 0) is 29.0 Å². The summed E-state index contributed by atoms with van der Waals surface area (Å²) in [5.41, 5.74) is -1.02. The smallest absolute Gasteiger partial charge is 0.274 e. The number of hydrogen-bond donors (Lipinski definition) is 1. The first-order valence-corrected chi connectivity index (χ1v) is 16.2. The van der Waals surface area contributed by atoms with E-state index in [-0.39, 0.29) is 37.2 Å². The Morgan fingerprint density at radius 2 is 1.67 bits per heavy atom. The van der Waals surface area contributed by atoms with Crippen LogP contribution in [0.5, 0.6) is 5.75 Å². The van der Waals surface area contributed by atoms with Crippen molar-refractivity contribution in [3.8, 4) is 5.75 Å². The molecule has 0 aliphatic carbocycles. The van der Waals surface area contributed by atoms with Gasteiger partial charge in [0, 0.05) is 49.4 Å². The van der Waals surface area contributed by atoms with Gasteiger partial charge in [0.1, 0.15) is 35.2 Å². The molecule has 3 aromatic carbocycles. The molecule has 1 spiro atoms. The van der Waals surface area contributed by atoms with Crippen LogP contribution in [0.2, 0.25) is 0 Å². The Morgan fingerprint density at radius 3 is 2.37 bits per heavy atom. The van der Waals surface area contributed by atoms with Gasteiger partial charge in [0.05, 0.1) is 12.6 Å². The number of ether oxygens (including phenoxy) is 3. The lowest BCUT2D eigenvalue weighted by molar-refractivity contribution is -0.108. The van der Waals surface area contributed by atoms with Gasteiger partial charge >= 0.3 is 0 Å². The van der Waals surface area contributed by atoms with E-state index in [0.717, 1.165) is 11.1 Å². The van der Waals surface area contributed by atoms with E-state index < -0.39 is 70.3 Å². The number of pyridine rings is 1. The van der Waals surface area contributed by atoms with E-state index in [1.807, 2.05) is 43.3 Å². The van der Waals surface area contributed by atoms with Crippen LogP contribution in [-0.4, -0.2) is 52.4 Å². The third-order valence-corrected chi connectivity index (χ3v) is 9.61. The van der Waals surface area contributed by atoms with Crippen LogP contribution >= 0.6 is 0 Å². The minimum atomic E-state index is -1.18. The van der Waals surface area contributed by atoms with Crippen molar-refractivity contribution in [3.05, 3.63) is 135 Å². The SMILES string of the molecule is C[C@H]1CC[C@]2(CO[C@H](Cc3ccccc3)O2)[C@H]2CN1C(=O)c1c(OCc3ccccc3)c(=O)c(C(=O)NCc3c(F)cc(F)cc3F)cn12. The van der Waals surface area contributed by atoms with E-state index in [9.17, 15) is 27.6 Å². The number of rotatable bonds is 8. The van der Waals surface area contributed by atoms with Crippen LogP contribution in [0.1, 0.15) is 63.3 Å². The third-order valence-electron chi connectivity index (χ3n) is 9.61. The number of hydrogen-bond acceptors (Lipinski definition) is 6. The van der Waals surface area contributed by atoms with Gasteiger partial charge in [0.2, 0.25) is 5.43 Å². The molecule has 7 rings (SSSR count). The Balaban J connectivity index is 1.29. The highest BCUT2D eigenvalue weighted by molar-refractivity contribution is 5.99. The molecule has 9 nitrogen and oxygen atoms in total. The molecule has 4 atom stereocenters. The Bertz CT molecular complexity index is 1930. The second-order valence-electron chi connectivity index (χ2n) is 12.7. The van der Waals surface area contributed by atoms with Crippen LogP contribution in [0.4, 0.5) is 13.2 Å². The minimum absolute atomic E-state index is 0.0208. The Morgan fingerprint density at radius 1 is 1.00 bits per heavy atom. The maximum atomic E-state index is 14.4. The average Bonchev–Trinajstić information content (AvgIpc) is 3.45. The van der Waals surface area contributed by atoms with Gasteiger partial charge in [-0.2, -0.15) is 0 Å². The van der Waals surface area contributed by atoms with E-state index in [4.69, 9.17) is 14.2 Å². The highest BCUT2D eigenvalue weighted by Gasteiger charge is 2.54. The van der Waals surface area contributed by atoms with Crippen LogP contribution in [0.3, 0.4) is 0 Å². The number of carbonyl (C=O) groups is 2.